The monoisotopic (exact) mass is 483 g/mol. The zero-order chi connectivity index (χ0) is 18.7. The predicted octanol–water partition coefficient (Wildman–Crippen LogP) is 3.93. The van der Waals surface area contributed by atoms with Gasteiger partial charge in [0.05, 0.1) is 7.11 Å². The van der Waals surface area contributed by atoms with Crippen LogP contribution in [0.4, 0.5) is 8.78 Å². The van der Waals surface area contributed by atoms with Gasteiger partial charge in [-0.3, -0.25) is 4.99 Å². The molecule has 0 fully saturated rings. The molecule has 1 rings (SSSR count). The molecule has 1 N–H and O–H groups in total. The fourth-order valence-corrected chi connectivity index (χ4v) is 2.35. The van der Waals surface area contributed by atoms with Gasteiger partial charge in [0.2, 0.25) is 0 Å². The lowest BCUT2D eigenvalue weighted by atomic mass is 10.1. The number of allylic oxidation sites excluding steroid dienone is 1. The number of benzene rings is 1. The van der Waals surface area contributed by atoms with E-state index in [9.17, 15) is 8.78 Å². The molecular weight excluding hydrogens is 455 g/mol. The molecule has 0 saturated carbocycles. The van der Waals surface area contributed by atoms with Crippen molar-refractivity contribution in [3.05, 3.63) is 36.4 Å². The van der Waals surface area contributed by atoms with E-state index in [1.165, 1.54) is 7.11 Å². The number of alkyl halides is 2. The number of rotatable bonds is 10. The molecule has 1 aromatic carbocycles. The van der Waals surface area contributed by atoms with Crippen molar-refractivity contribution in [2.24, 2.45) is 4.99 Å². The maximum Gasteiger partial charge on any atom is 0.387 e. The predicted molar refractivity (Wildman–Crippen MR) is 112 cm³/mol. The Labute approximate surface area is 171 Å². The van der Waals surface area contributed by atoms with Gasteiger partial charge in [0.1, 0.15) is 0 Å². The zero-order valence-corrected chi connectivity index (χ0v) is 17.8. The molecule has 0 spiro atoms. The molecule has 5 nitrogen and oxygen atoms in total. The molecule has 0 amide bonds. The molecule has 0 saturated heterocycles. The summed E-state index contributed by atoms with van der Waals surface area (Å²) >= 11 is 0. The van der Waals surface area contributed by atoms with E-state index < -0.39 is 6.61 Å². The number of hydrogen-bond donors (Lipinski definition) is 1. The number of unbranched alkanes of at least 4 members (excludes halogenated alkanes) is 1. The topological polar surface area (TPSA) is 46.1 Å². The first-order chi connectivity index (χ1) is 12.0. The number of nitrogens with one attached hydrogen (secondary N) is 1. The average Bonchev–Trinajstić information content (AvgIpc) is 2.58. The van der Waals surface area contributed by atoms with E-state index in [1.54, 1.807) is 19.2 Å². The summed E-state index contributed by atoms with van der Waals surface area (Å²) in [5, 5.41) is 3.26. The Hall–Kier alpha value is -1.58. The average molecular weight is 483 g/mol. The van der Waals surface area contributed by atoms with Gasteiger partial charge in [0, 0.05) is 27.2 Å². The summed E-state index contributed by atoms with van der Waals surface area (Å²) in [5.41, 5.74) is 0.869. The second kappa shape index (κ2) is 13.6. The minimum absolute atomic E-state index is 0. The smallest absolute Gasteiger partial charge is 0.387 e. The molecule has 0 bridgehead atoms. The van der Waals surface area contributed by atoms with E-state index in [0.29, 0.717) is 13.0 Å². The van der Waals surface area contributed by atoms with Crippen LogP contribution in [0.3, 0.4) is 0 Å². The van der Waals surface area contributed by atoms with Crippen molar-refractivity contribution in [3.63, 3.8) is 0 Å². The minimum Gasteiger partial charge on any atom is -0.493 e. The molecule has 0 atom stereocenters. The Morgan fingerprint density at radius 3 is 2.69 bits per heavy atom. The van der Waals surface area contributed by atoms with Crippen LogP contribution >= 0.6 is 24.0 Å². The van der Waals surface area contributed by atoms with Crippen molar-refractivity contribution in [3.8, 4) is 11.5 Å². The summed E-state index contributed by atoms with van der Waals surface area (Å²) in [6, 6.07) is 5.03. The van der Waals surface area contributed by atoms with Crippen LogP contribution in [0.25, 0.3) is 0 Å². The third-order valence-electron chi connectivity index (χ3n) is 3.62. The normalized spacial score (nSPS) is 10.9. The summed E-state index contributed by atoms with van der Waals surface area (Å²) in [5.74, 6) is 1.12. The third kappa shape index (κ3) is 8.68. The van der Waals surface area contributed by atoms with Crippen LogP contribution in [0.1, 0.15) is 18.4 Å². The van der Waals surface area contributed by atoms with Gasteiger partial charge in [-0.25, -0.2) is 0 Å². The van der Waals surface area contributed by atoms with Gasteiger partial charge in [0.15, 0.2) is 17.5 Å². The number of aliphatic imine (C=N–C) groups is 1. The first-order valence-electron chi connectivity index (χ1n) is 8.16. The van der Waals surface area contributed by atoms with Gasteiger partial charge < -0.3 is 19.7 Å². The third-order valence-corrected chi connectivity index (χ3v) is 3.62. The molecule has 26 heavy (non-hydrogen) atoms. The van der Waals surface area contributed by atoms with Gasteiger partial charge >= 0.3 is 6.61 Å². The molecule has 0 radical (unpaired) electrons. The number of methoxy groups -OCH3 is 1. The van der Waals surface area contributed by atoms with Crippen LogP contribution in [-0.4, -0.2) is 51.8 Å². The Balaban J connectivity index is 0.00000625. The molecule has 0 aliphatic rings. The molecule has 8 heteroatoms. The van der Waals surface area contributed by atoms with Gasteiger partial charge in [0.25, 0.3) is 0 Å². The molecule has 0 heterocycles. The van der Waals surface area contributed by atoms with Crippen molar-refractivity contribution in [2.75, 3.05) is 34.3 Å². The SMILES string of the molecule is C=CCCCN(C)C(=NC)NCCc1ccc(OC)c(OC(F)F)c1.I. The molecule has 1 aromatic rings. The fraction of sp³-hybridized carbons (Fsp3) is 0.500. The first kappa shape index (κ1) is 24.4. The van der Waals surface area contributed by atoms with Gasteiger partial charge in [-0.1, -0.05) is 12.1 Å². The second-order valence-corrected chi connectivity index (χ2v) is 5.44. The highest BCUT2D eigenvalue weighted by molar-refractivity contribution is 14.0. The van der Waals surface area contributed by atoms with Crippen molar-refractivity contribution in [1.82, 2.24) is 10.2 Å². The molecule has 0 unspecified atom stereocenters. The summed E-state index contributed by atoms with van der Waals surface area (Å²) in [4.78, 5) is 6.29. The number of nitrogens with zero attached hydrogens (tertiary/aromatic N) is 2. The molecule has 0 aliphatic carbocycles. The highest BCUT2D eigenvalue weighted by atomic mass is 127. The fourth-order valence-electron chi connectivity index (χ4n) is 2.35. The lowest BCUT2D eigenvalue weighted by molar-refractivity contribution is -0.0512. The number of halogens is 3. The van der Waals surface area contributed by atoms with Crippen molar-refractivity contribution < 1.29 is 18.3 Å². The molecule has 148 valence electrons. The second-order valence-electron chi connectivity index (χ2n) is 5.44. The van der Waals surface area contributed by atoms with E-state index >= 15 is 0 Å². The lowest BCUT2D eigenvalue weighted by Gasteiger charge is -2.22. The standard InChI is InChI=1S/C18H27F2N3O2.HI/c1-5-6-7-12-23(3)18(21-2)22-11-10-14-8-9-15(24-4)16(13-14)25-17(19)20;/h5,8-9,13,17H,1,6-7,10-12H2,2-4H3,(H,21,22);1H. The summed E-state index contributed by atoms with van der Waals surface area (Å²) in [6.45, 7) is 2.33. The highest BCUT2D eigenvalue weighted by Gasteiger charge is 2.11. The Morgan fingerprint density at radius 1 is 1.38 bits per heavy atom. The zero-order valence-electron chi connectivity index (χ0n) is 15.5. The maximum absolute atomic E-state index is 12.5. The summed E-state index contributed by atoms with van der Waals surface area (Å²) < 4.78 is 34.5. The minimum atomic E-state index is -2.88. The van der Waals surface area contributed by atoms with Crippen LogP contribution < -0.4 is 14.8 Å². The van der Waals surface area contributed by atoms with Crippen LogP contribution in [-0.2, 0) is 6.42 Å². The van der Waals surface area contributed by atoms with E-state index in [0.717, 1.165) is 30.9 Å². The van der Waals surface area contributed by atoms with Gasteiger partial charge in [-0.15, -0.1) is 30.6 Å². The number of ether oxygens (including phenoxy) is 2. The maximum atomic E-state index is 12.5. The molecular formula is C18H28F2IN3O2. The highest BCUT2D eigenvalue weighted by Crippen LogP contribution is 2.29. The quantitative estimate of drug-likeness (QED) is 0.180. The molecule has 0 aromatic heterocycles. The summed E-state index contributed by atoms with van der Waals surface area (Å²) in [6.07, 6.45) is 4.50. The van der Waals surface area contributed by atoms with E-state index in [1.807, 2.05) is 24.1 Å². The first-order valence-corrected chi connectivity index (χ1v) is 8.16. The van der Waals surface area contributed by atoms with Gasteiger partial charge in [-0.2, -0.15) is 8.78 Å². The largest absolute Gasteiger partial charge is 0.493 e. The van der Waals surface area contributed by atoms with Crippen LogP contribution in [0.15, 0.2) is 35.8 Å². The molecule has 0 aliphatic heterocycles. The van der Waals surface area contributed by atoms with Crippen molar-refractivity contribution >= 4 is 29.9 Å². The van der Waals surface area contributed by atoms with E-state index in [2.05, 4.69) is 21.6 Å². The van der Waals surface area contributed by atoms with Crippen LogP contribution in [0.2, 0.25) is 0 Å². The Morgan fingerprint density at radius 2 is 2.12 bits per heavy atom. The van der Waals surface area contributed by atoms with Crippen LogP contribution in [0, 0.1) is 0 Å². The number of guanidine groups is 1. The number of hydrogen-bond acceptors (Lipinski definition) is 3. The van der Waals surface area contributed by atoms with Gasteiger partial charge in [-0.05, 0) is 37.0 Å². The lowest BCUT2D eigenvalue weighted by Crippen LogP contribution is -2.40. The van der Waals surface area contributed by atoms with E-state index in [4.69, 9.17) is 4.74 Å². The van der Waals surface area contributed by atoms with E-state index in [-0.39, 0.29) is 35.5 Å². The Kier molecular flexibility index (Phi) is 12.8. The summed E-state index contributed by atoms with van der Waals surface area (Å²) in [7, 11) is 5.12. The van der Waals surface area contributed by atoms with Crippen molar-refractivity contribution in [2.45, 2.75) is 25.9 Å². The van der Waals surface area contributed by atoms with Crippen molar-refractivity contribution in [1.29, 1.82) is 0 Å². The van der Waals surface area contributed by atoms with Crippen LogP contribution in [0.5, 0.6) is 11.5 Å². The Bertz CT molecular complexity index is 571.